The Morgan fingerprint density at radius 3 is 2.89 bits per heavy atom. The zero-order chi connectivity index (χ0) is 13.2. The molecule has 3 rings (SSSR count). The third-order valence-corrected chi connectivity index (χ3v) is 3.58. The fourth-order valence-corrected chi connectivity index (χ4v) is 2.58. The molecule has 1 saturated carbocycles. The largest absolute Gasteiger partial charge is 0.367 e. The predicted molar refractivity (Wildman–Crippen MR) is 77.1 cm³/mol. The summed E-state index contributed by atoms with van der Waals surface area (Å²) in [6.07, 6.45) is 3.05. The monoisotopic (exact) mass is 251 g/mol. The standard InChI is InChI=1S/C16H17N3/c1-12-11-16(14-5-2-3-6-15(14)18-12)19(10-4-9-17)13-7-8-13/h2-3,5-6,11,13H,4,7-8,10H2,1H3. The van der Waals surface area contributed by atoms with Gasteiger partial charge in [0.1, 0.15) is 0 Å². The van der Waals surface area contributed by atoms with Crippen molar-refractivity contribution in [2.45, 2.75) is 32.2 Å². The normalized spacial score (nSPS) is 14.3. The summed E-state index contributed by atoms with van der Waals surface area (Å²) in [5.41, 5.74) is 3.32. The van der Waals surface area contributed by atoms with Gasteiger partial charge < -0.3 is 4.90 Å². The van der Waals surface area contributed by atoms with Gasteiger partial charge in [-0.25, -0.2) is 0 Å². The van der Waals surface area contributed by atoms with Gasteiger partial charge in [-0.05, 0) is 31.9 Å². The van der Waals surface area contributed by atoms with Crippen LogP contribution in [0.2, 0.25) is 0 Å². The first kappa shape index (κ1) is 12.0. The Hall–Kier alpha value is -2.08. The summed E-state index contributed by atoms with van der Waals surface area (Å²) in [5, 5.41) is 10.0. The first-order chi connectivity index (χ1) is 9.29. The number of rotatable bonds is 4. The number of aryl methyl sites for hydroxylation is 1. The Labute approximate surface area is 113 Å². The number of pyridine rings is 1. The Bertz CT molecular complexity index is 638. The SMILES string of the molecule is Cc1cc(N(CCC#N)C2CC2)c2ccccc2n1. The van der Waals surface area contributed by atoms with Gasteiger partial charge in [0.2, 0.25) is 0 Å². The van der Waals surface area contributed by atoms with Gasteiger partial charge in [0, 0.05) is 29.4 Å². The molecule has 3 nitrogen and oxygen atoms in total. The molecule has 3 heteroatoms. The Kier molecular flexibility index (Phi) is 3.08. The van der Waals surface area contributed by atoms with Gasteiger partial charge in [-0.1, -0.05) is 18.2 Å². The van der Waals surface area contributed by atoms with Crippen LogP contribution in [-0.2, 0) is 0 Å². The maximum absolute atomic E-state index is 8.84. The highest BCUT2D eigenvalue weighted by Crippen LogP contribution is 2.35. The number of nitriles is 1. The average Bonchev–Trinajstić information content (AvgIpc) is 3.23. The lowest BCUT2D eigenvalue weighted by molar-refractivity contribution is 0.795. The van der Waals surface area contributed by atoms with E-state index in [2.05, 4.69) is 40.2 Å². The third kappa shape index (κ3) is 2.39. The molecule has 0 N–H and O–H groups in total. The van der Waals surface area contributed by atoms with Crippen molar-refractivity contribution in [3.8, 4) is 6.07 Å². The molecule has 1 fully saturated rings. The van der Waals surface area contributed by atoms with Gasteiger partial charge in [0.05, 0.1) is 18.0 Å². The van der Waals surface area contributed by atoms with Gasteiger partial charge >= 0.3 is 0 Å². The molecule has 0 unspecified atom stereocenters. The van der Waals surface area contributed by atoms with Gasteiger partial charge in [-0.2, -0.15) is 5.26 Å². The summed E-state index contributed by atoms with van der Waals surface area (Å²) in [5.74, 6) is 0. The minimum Gasteiger partial charge on any atom is -0.367 e. The summed E-state index contributed by atoms with van der Waals surface area (Å²) >= 11 is 0. The van der Waals surface area contributed by atoms with Gasteiger partial charge in [-0.15, -0.1) is 0 Å². The van der Waals surface area contributed by atoms with Crippen LogP contribution in [0, 0.1) is 18.3 Å². The van der Waals surface area contributed by atoms with Crippen LogP contribution >= 0.6 is 0 Å². The second-order valence-electron chi connectivity index (χ2n) is 5.13. The molecule has 1 aliphatic carbocycles. The lowest BCUT2D eigenvalue weighted by atomic mass is 10.1. The molecule has 0 amide bonds. The molecule has 1 aromatic carbocycles. The molecule has 2 aromatic rings. The van der Waals surface area contributed by atoms with Gasteiger partial charge in [0.15, 0.2) is 0 Å². The lowest BCUT2D eigenvalue weighted by Crippen LogP contribution is -2.27. The molecule has 0 spiro atoms. The van der Waals surface area contributed by atoms with E-state index in [1.54, 1.807) is 0 Å². The molecular weight excluding hydrogens is 234 g/mol. The summed E-state index contributed by atoms with van der Waals surface area (Å²) in [7, 11) is 0. The molecule has 0 radical (unpaired) electrons. The van der Waals surface area contributed by atoms with E-state index in [4.69, 9.17) is 5.26 Å². The maximum Gasteiger partial charge on any atom is 0.0726 e. The van der Waals surface area contributed by atoms with Crippen LogP contribution in [0.4, 0.5) is 5.69 Å². The van der Waals surface area contributed by atoms with Gasteiger partial charge in [0.25, 0.3) is 0 Å². The van der Waals surface area contributed by atoms with Crippen molar-refractivity contribution in [2.24, 2.45) is 0 Å². The van der Waals surface area contributed by atoms with Crippen molar-refractivity contribution < 1.29 is 0 Å². The number of fused-ring (bicyclic) bond motifs is 1. The number of nitrogens with zero attached hydrogens (tertiary/aromatic N) is 3. The Morgan fingerprint density at radius 1 is 1.37 bits per heavy atom. The summed E-state index contributed by atoms with van der Waals surface area (Å²) in [4.78, 5) is 6.98. The fourth-order valence-electron chi connectivity index (χ4n) is 2.58. The molecule has 0 saturated heterocycles. The number of hydrogen-bond donors (Lipinski definition) is 0. The highest BCUT2D eigenvalue weighted by molar-refractivity contribution is 5.92. The van der Waals surface area contributed by atoms with E-state index >= 15 is 0 Å². The summed E-state index contributed by atoms with van der Waals surface area (Å²) in [6, 6.07) is 13.3. The lowest BCUT2D eigenvalue weighted by Gasteiger charge is -2.25. The molecule has 0 atom stereocenters. The van der Waals surface area contributed by atoms with Crippen molar-refractivity contribution in [1.82, 2.24) is 4.98 Å². The first-order valence-electron chi connectivity index (χ1n) is 6.79. The van der Waals surface area contributed by atoms with E-state index in [1.807, 2.05) is 13.0 Å². The minimum absolute atomic E-state index is 0.576. The van der Waals surface area contributed by atoms with E-state index in [9.17, 15) is 0 Å². The highest BCUT2D eigenvalue weighted by atomic mass is 15.2. The number of benzene rings is 1. The number of anilines is 1. The van der Waals surface area contributed by atoms with Crippen LogP contribution in [0.5, 0.6) is 0 Å². The van der Waals surface area contributed by atoms with Crippen LogP contribution in [0.15, 0.2) is 30.3 Å². The molecular formula is C16H17N3. The summed E-state index contributed by atoms with van der Waals surface area (Å²) in [6.45, 7) is 2.85. The van der Waals surface area contributed by atoms with Crippen molar-refractivity contribution in [3.63, 3.8) is 0 Å². The minimum atomic E-state index is 0.576. The van der Waals surface area contributed by atoms with E-state index < -0.39 is 0 Å². The van der Waals surface area contributed by atoms with Crippen LogP contribution in [-0.4, -0.2) is 17.6 Å². The average molecular weight is 251 g/mol. The van der Waals surface area contributed by atoms with E-state index in [-0.39, 0.29) is 0 Å². The van der Waals surface area contributed by atoms with Crippen molar-refractivity contribution >= 4 is 16.6 Å². The van der Waals surface area contributed by atoms with Crippen LogP contribution < -0.4 is 4.90 Å². The van der Waals surface area contributed by atoms with Crippen molar-refractivity contribution in [3.05, 3.63) is 36.0 Å². The van der Waals surface area contributed by atoms with Crippen molar-refractivity contribution in [2.75, 3.05) is 11.4 Å². The second-order valence-corrected chi connectivity index (χ2v) is 5.13. The summed E-state index contributed by atoms with van der Waals surface area (Å²) < 4.78 is 0. The van der Waals surface area contributed by atoms with Crippen molar-refractivity contribution in [1.29, 1.82) is 5.26 Å². The smallest absolute Gasteiger partial charge is 0.0726 e. The second kappa shape index (κ2) is 4.89. The molecule has 96 valence electrons. The quantitative estimate of drug-likeness (QED) is 0.835. The molecule has 1 aromatic heterocycles. The van der Waals surface area contributed by atoms with Crippen LogP contribution in [0.1, 0.15) is 25.0 Å². The molecule has 0 bridgehead atoms. The molecule has 19 heavy (non-hydrogen) atoms. The Morgan fingerprint density at radius 2 is 2.16 bits per heavy atom. The first-order valence-corrected chi connectivity index (χ1v) is 6.79. The highest BCUT2D eigenvalue weighted by Gasteiger charge is 2.30. The molecule has 0 aliphatic heterocycles. The zero-order valence-electron chi connectivity index (χ0n) is 11.1. The zero-order valence-corrected chi connectivity index (χ0v) is 11.1. The molecule has 1 heterocycles. The number of para-hydroxylation sites is 1. The topological polar surface area (TPSA) is 39.9 Å². The fraction of sp³-hybridized carbons (Fsp3) is 0.375. The Balaban J connectivity index is 2.08. The van der Waals surface area contributed by atoms with Gasteiger partial charge in [-0.3, -0.25) is 4.98 Å². The number of hydrogen-bond acceptors (Lipinski definition) is 3. The van der Waals surface area contributed by atoms with E-state index in [1.165, 1.54) is 23.9 Å². The van der Waals surface area contributed by atoms with E-state index in [0.29, 0.717) is 12.5 Å². The predicted octanol–water partition coefficient (Wildman–Crippen LogP) is 3.43. The maximum atomic E-state index is 8.84. The van der Waals surface area contributed by atoms with E-state index in [0.717, 1.165) is 17.8 Å². The number of aromatic nitrogens is 1. The molecule has 1 aliphatic rings. The third-order valence-electron chi connectivity index (χ3n) is 3.58. The van der Waals surface area contributed by atoms with Crippen LogP contribution in [0.3, 0.4) is 0 Å². The van der Waals surface area contributed by atoms with Crippen LogP contribution in [0.25, 0.3) is 10.9 Å².